The van der Waals surface area contributed by atoms with Crippen LogP contribution in [-0.2, 0) is 4.79 Å². The minimum absolute atomic E-state index is 0.00596. The highest BCUT2D eigenvalue weighted by molar-refractivity contribution is 5.79. The first-order valence-electron chi connectivity index (χ1n) is 7.41. The van der Waals surface area contributed by atoms with Gasteiger partial charge in [-0.1, -0.05) is 30.3 Å². The minimum Gasteiger partial charge on any atom is -0.465 e. The summed E-state index contributed by atoms with van der Waals surface area (Å²) in [4.78, 5) is 22.9. The van der Waals surface area contributed by atoms with Crippen LogP contribution >= 0.6 is 0 Å². The number of hydrogen-bond donors (Lipinski definition) is 3. The van der Waals surface area contributed by atoms with Gasteiger partial charge in [-0.05, 0) is 38.2 Å². The molecule has 1 fully saturated rings. The van der Waals surface area contributed by atoms with Gasteiger partial charge < -0.3 is 15.7 Å². The van der Waals surface area contributed by atoms with Crippen LogP contribution in [0.15, 0.2) is 30.3 Å². The van der Waals surface area contributed by atoms with E-state index in [1.165, 1.54) is 0 Å². The van der Waals surface area contributed by atoms with Crippen LogP contribution in [0.1, 0.15) is 44.2 Å². The number of amides is 2. The first-order valence-corrected chi connectivity index (χ1v) is 7.41. The van der Waals surface area contributed by atoms with Crippen molar-refractivity contribution in [1.29, 1.82) is 0 Å². The monoisotopic (exact) mass is 290 g/mol. The van der Waals surface area contributed by atoms with Crippen LogP contribution < -0.4 is 10.6 Å². The Morgan fingerprint density at radius 1 is 1.14 bits per heavy atom. The van der Waals surface area contributed by atoms with Gasteiger partial charge in [0.25, 0.3) is 0 Å². The van der Waals surface area contributed by atoms with E-state index in [0.29, 0.717) is 0 Å². The van der Waals surface area contributed by atoms with Gasteiger partial charge in [0.15, 0.2) is 0 Å². The second kappa shape index (κ2) is 7.11. The molecule has 1 atom stereocenters. The van der Waals surface area contributed by atoms with Crippen molar-refractivity contribution < 1.29 is 14.7 Å². The molecule has 0 unspecified atom stereocenters. The molecular formula is C16H22N2O3. The fourth-order valence-corrected chi connectivity index (χ4v) is 2.83. The second-order valence-electron chi connectivity index (χ2n) is 5.64. The molecular weight excluding hydrogens is 268 g/mol. The van der Waals surface area contributed by atoms with Crippen molar-refractivity contribution in [2.75, 3.05) is 0 Å². The van der Waals surface area contributed by atoms with Crippen molar-refractivity contribution in [3.63, 3.8) is 0 Å². The highest BCUT2D eigenvalue weighted by Crippen LogP contribution is 2.25. The maximum absolute atomic E-state index is 12.3. The Balaban J connectivity index is 1.81. The molecule has 3 N–H and O–H groups in total. The predicted molar refractivity (Wildman–Crippen MR) is 79.9 cm³/mol. The lowest BCUT2D eigenvalue weighted by Gasteiger charge is -2.28. The van der Waals surface area contributed by atoms with Crippen LogP contribution in [-0.4, -0.2) is 23.1 Å². The SMILES string of the molecule is C[C@@H](NC(=O)[C@H]1CC[C@H](NC(=O)O)CC1)c1ccccc1. The number of nitrogens with one attached hydrogen (secondary N) is 2. The van der Waals surface area contributed by atoms with Gasteiger partial charge in [-0.2, -0.15) is 0 Å². The fourth-order valence-electron chi connectivity index (χ4n) is 2.83. The lowest BCUT2D eigenvalue weighted by atomic mass is 9.85. The third-order valence-corrected chi connectivity index (χ3v) is 4.08. The third kappa shape index (κ3) is 4.48. The van der Waals surface area contributed by atoms with E-state index in [9.17, 15) is 9.59 Å². The summed E-state index contributed by atoms with van der Waals surface area (Å²) >= 11 is 0. The number of carboxylic acid groups (broad SMARTS) is 1. The van der Waals surface area contributed by atoms with Crippen LogP contribution in [0, 0.1) is 5.92 Å². The zero-order valence-electron chi connectivity index (χ0n) is 12.2. The van der Waals surface area contributed by atoms with E-state index < -0.39 is 6.09 Å². The Labute approximate surface area is 124 Å². The van der Waals surface area contributed by atoms with E-state index >= 15 is 0 Å². The molecule has 0 heterocycles. The molecule has 114 valence electrons. The van der Waals surface area contributed by atoms with Gasteiger partial charge in [0, 0.05) is 12.0 Å². The predicted octanol–water partition coefficient (Wildman–Crippen LogP) is 2.69. The van der Waals surface area contributed by atoms with Gasteiger partial charge in [-0.25, -0.2) is 4.79 Å². The zero-order chi connectivity index (χ0) is 15.2. The number of benzene rings is 1. The number of hydrogen-bond acceptors (Lipinski definition) is 2. The van der Waals surface area contributed by atoms with Gasteiger partial charge >= 0.3 is 6.09 Å². The highest BCUT2D eigenvalue weighted by Gasteiger charge is 2.27. The third-order valence-electron chi connectivity index (χ3n) is 4.08. The van der Waals surface area contributed by atoms with Gasteiger partial charge in [-0.3, -0.25) is 4.79 Å². The van der Waals surface area contributed by atoms with Gasteiger partial charge in [-0.15, -0.1) is 0 Å². The largest absolute Gasteiger partial charge is 0.465 e. The molecule has 5 nitrogen and oxygen atoms in total. The van der Waals surface area contributed by atoms with Gasteiger partial charge in [0.2, 0.25) is 5.91 Å². The number of carbonyl (C=O) groups excluding carboxylic acids is 1. The molecule has 21 heavy (non-hydrogen) atoms. The Morgan fingerprint density at radius 3 is 2.33 bits per heavy atom. The molecule has 0 saturated heterocycles. The van der Waals surface area contributed by atoms with E-state index in [1.54, 1.807) is 0 Å². The van der Waals surface area contributed by atoms with E-state index in [0.717, 1.165) is 31.2 Å². The molecule has 0 spiro atoms. The summed E-state index contributed by atoms with van der Waals surface area (Å²) in [5.74, 6) is 0.0585. The van der Waals surface area contributed by atoms with Gasteiger partial charge in [0.05, 0.1) is 6.04 Å². The van der Waals surface area contributed by atoms with Crippen LogP contribution in [0.25, 0.3) is 0 Å². The molecule has 2 rings (SSSR count). The number of rotatable bonds is 4. The molecule has 0 aromatic heterocycles. The first kappa shape index (κ1) is 15.4. The van der Waals surface area contributed by atoms with Crippen molar-refractivity contribution in [3.8, 4) is 0 Å². The maximum Gasteiger partial charge on any atom is 0.404 e. The number of carbonyl (C=O) groups is 2. The quantitative estimate of drug-likeness (QED) is 0.797. The van der Waals surface area contributed by atoms with Gasteiger partial charge in [0.1, 0.15) is 0 Å². The highest BCUT2D eigenvalue weighted by atomic mass is 16.4. The van der Waals surface area contributed by atoms with Crippen LogP contribution in [0.3, 0.4) is 0 Å². The Hall–Kier alpha value is -2.04. The summed E-state index contributed by atoms with van der Waals surface area (Å²) in [5.41, 5.74) is 1.09. The molecule has 1 aromatic rings. The van der Waals surface area contributed by atoms with E-state index in [-0.39, 0.29) is 23.9 Å². The summed E-state index contributed by atoms with van der Waals surface area (Å²) < 4.78 is 0. The molecule has 0 radical (unpaired) electrons. The molecule has 1 saturated carbocycles. The van der Waals surface area contributed by atoms with E-state index in [4.69, 9.17) is 5.11 Å². The summed E-state index contributed by atoms with van der Waals surface area (Å²) in [6.45, 7) is 1.98. The fraction of sp³-hybridized carbons (Fsp3) is 0.500. The standard InChI is InChI=1S/C16H22N2O3/c1-11(12-5-3-2-4-6-12)17-15(19)13-7-9-14(10-8-13)18-16(20)21/h2-6,11,13-14,18H,7-10H2,1H3,(H,17,19)(H,20,21)/t11-,13-,14-/m1/s1. The average molecular weight is 290 g/mol. The zero-order valence-corrected chi connectivity index (χ0v) is 12.2. The topological polar surface area (TPSA) is 78.4 Å². The van der Waals surface area contributed by atoms with Crippen LogP contribution in [0.5, 0.6) is 0 Å². The van der Waals surface area contributed by atoms with Crippen molar-refractivity contribution >= 4 is 12.0 Å². The van der Waals surface area contributed by atoms with Crippen LogP contribution in [0.4, 0.5) is 4.79 Å². The van der Waals surface area contributed by atoms with Crippen LogP contribution in [0.2, 0.25) is 0 Å². The molecule has 5 heteroatoms. The lowest BCUT2D eigenvalue weighted by Crippen LogP contribution is -2.40. The Kier molecular flexibility index (Phi) is 5.20. The van der Waals surface area contributed by atoms with Crippen molar-refractivity contribution in [2.24, 2.45) is 5.92 Å². The summed E-state index contributed by atoms with van der Waals surface area (Å²) in [6.07, 6.45) is 1.94. The molecule has 1 aliphatic rings. The van der Waals surface area contributed by atoms with Crippen molar-refractivity contribution in [3.05, 3.63) is 35.9 Å². The van der Waals surface area contributed by atoms with Crippen molar-refractivity contribution in [2.45, 2.75) is 44.7 Å². The second-order valence-corrected chi connectivity index (χ2v) is 5.64. The van der Waals surface area contributed by atoms with E-state index in [2.05, 4.69) is 10.6 Å². The smallest absolute Gasteiger partial charge is 0.404 e. The average Bonchev–Trinajstić information content (AvgIpc) is 2.48. The molecule has 1 aliphatic carbocycles. The first-order chi connectivity index (χ1) is 10.1. The molecule has 2 amide bonds. The molecule has 0 bridgehead atoms. The minimum atomic E-state index is -0.986. The normalized spacial score (nSPS) is 23.1. The maximum atomic E-state index is 12.3. The summed E-state index contributed by atoms with van der Waals surface area (Å²) in [5, 5.41) is 14.2. The summed E-state index contributed by atoms with van der Waals surface area (Å²) in [7, 11) is 0. The lowest BCUT2D eigenvalue weighted by molar-refractivity contribution is -0.126. The molecule has 1 aromatic carbocycles. The molecule has 0 aliphatic heterocycles. The Morgan fingerprint density at radius 2 is 1.76 bits per heavy atom. The van der Waals surface area contributed by atoms with Crippen molar-refractivity contribution in [1.82, 2.24) is 10.6 Å². The Bertz CT molecular complexity index is 482. The van der Waals surface area contributed by atoms with E-state index in [1.807, 2.05) is 37.3 Å². The summed E-state index contributed by atoms with van der Waals surface area (Å²) in [6, 6.07) is 9.85.